The lowest BCUT2D eigenvalue weighted by atomic mass is 10.2. The summed E-state index contributed by atoms with van der Waals surface area (Å²) in [7, 11) is 0. The van der Waals surface area contributed by atoms with Crippen molar-refractivity contribution < 1.29 is 9.53 Å². The van der Waals surface area contributed by atoms with Crippen LogP contribution in [0.1, 0.15) is 25.3 Å². The van der Waals surface area contributed by atoms with E-state index < -0.39 is 6.10 Å². The highest BCUT2D eigenvalue weighted by molar-refractivity contribution is 5.81. The van der Waals surface area contributed by atoms with Crippen molar-refractivity contribution in [2.45, 2.75) is 32.8 Å². The van der Waals surface area contributed by atoms with Gasteiger partial charge in [-0.2, -0.15) is 0 Å². The fourth-order valence-electron chi connectivity index (χ4n) is 2.07. The summed E-state index contributed by atoms with van der Waals surface area (Å²) in [6, 6.07) is 7.79. The van der Waals surface area contributed by atoms with Crippen LogP contribution in [-0.2, 0) is 4.79 Å². The molecule has 1 saturated heterocycles. The van der Waals surface area contributed by atoms with Gasteiger partial charge < -0.3 is 9.64 Å². The minimum atomic E-state index is -0.393. The van der Waals surface area contributed by atoms with Crippen LogP contribution in [-0.4, -0.2) is 30.0 Å². The van der Waals surface area contributed by atoms with Crippen LogP contribution in [0.25, 0.3) is 0 Å². The van der Waals surface area contributed by atoms with Crippen molar-refractivity contribution in [3.8, 4) is 5.75 Å². The van der Waals surface area contributed by atoms with Crippen LogP contribution in [0.15, 0.2) is 24.3 Å². The fourth-order valence-corrected chi connectivity index (χ4v) is 2.07. The molecule has 1 aliphatic heterocycles. The number of carbonyl (C=O) groups is 1. The SMILES string of the molecule is Cc1ccc(O[C@H](C)C(=O)N2CCCC2)cc1. The Morgan fingerprint density at radius 1 is 1.24 bits per heavy atom. The van der Waals surface area contributed by atoms with Crippen molar-refractivity contribution in [2.24, 2.45) is 0 Å². The minimum Gasteiger partial charge on any atom is -0.481 e. The molecule has 3 nitrogen and oxygen atoms in total. The molecule has 1 fully saturated rings. The summed E-state index contributed by atoms with van der Waals surface area (Å²) >= 11 is 0. The smallest absolute Gasteiger partial charge is 0.263 e. The Kier molecular flexibility index (Phi) is 3.67. The van der Waals surface area contributed by atoms with Gasteiger partial charge in [-0.1, -0.05) is 17.7 Å². The van der Waals surface area contributed by atoms with E-state index in [4.69, 9.17) is 4.74 Å². The second kappa shape index (κ2) is 5.21. The number of rotatable bonds is 3. The van der Waals surface area contributed by atoms with Crippen molar-refractivity contribution in [3.05, 3.63) is 29.8 Å². The topological polar surface area (TPSA) is 29.5 Å². The molecule has 17 heavy (non-hydrogen) atoms. The third-order valence-corrected chi connectivity index (χ3v) is 3.10. The molecule has 3 heteroatoms. The molecule has 0 aliphatic carbocycles. The lowest BCUT2D eigenvalue weighted by Crippen LogP contribution is -2.38. The Morgan fingerprint density at radius 3 is 2.41 bits per heavy atom. The van der Waals surface area contributed by atoms with Crippen LogP contribution in [0.3, 0.4) is 0 Å². The molecule has 0 radical (unpaired) electrons. The highest BCUT2D eigenvalue weighted by atomic mass is 16.5. The molecule has 0 spiro atoms. The number of carbonyl (C=O) groups excluding carboxylic acids is 1. The standard InChI is InChI=1S/C14H19NO2/c1-11-5-7-13(8-6-11)17-12(2)14(16)15-9-3-4-10-15/h5-8,12H,3-4,9-10H2,1-2H3/t12-/m1/s1. The Hall–Kier alpha value is -1.51. The zero-order chi connectivity index (χ0) is 12.3. The second-order valence-electron chi connectivity index (χ2n) is 4.61. The number of nitrogens with zero attached hydrogens (tertiary/aromatic N) is 1. The Bertz CT molecular complexity index is 380. The van der Waals surface area contributed by atoms with Gasteiger partial charge in [0.05, 0.1) is 0 Å². The van der Waals surface area contributed by atoms with Gasteiger partial charge in [0.25, 0.3) is 5.91 Å². The normalized spacial score (nSPS) is 16.9. The van der Waals surface area contributed by atoms with Crippen molar-refractivity contribution in [3.63, 3.8) is 0 Å². The number of hydrogen-bond acceptors (Lipinski definition) is 2. The third kappa shape index (κ3) is 2.99. The fraction of sp³-hybridized carbons (Fsp3) is 0.500. The van der Waals surface area contributed by atoms with E-state index in [1.807, 2.05) is 43.0 Å². The number of ether oxygens (including phenoxy) is 1. The van der Waals surface area contributed by atoms with Gasteiger partial charge in [0.1, 0.15) is 5.75 Å². The van der Waals surface area contributed by atoms with E-state index in [1.165, 1.54) is 5.56 Å². The first-order valence-corrected chi connectivity index (χ1v) is 6.19. The lowest BCUT2D eigenvalue weighted by molar-refractivity contribution is -0.136. The highest BCUT2D eigenvalue weighted by Gasteiger charge is 2.24. The molecule has 0 aromatic heterocycles. The van der Waals surface area contributed by atoms with E-state index >= 15 is 0 Å². The molecule has 1 amide bonds. The summed E-state index contributed by atoms with van der Waals surface area (Å²) < 4.78 is 5.65. The van der Waals surface area contributed by atoms with Crippen molar-refractivity contribution in [1.82, 2.24) is 4.90 Å². The Morgan fingerprint density at radius 2 is 1.82 bits per heavy atom. The van der Waals surface area contributed by atoms with Crippen LogP contribution >= 0.6 is 0 Å². The van der Waals surface area contributed by atoms with Crippen molar-refractivity contribution in [2.75, 3.05) is 13.1 Å². The van der Waals surface area contributed by atoms with Gasteiger partial charge >= 0.3 is 0 Å². The average Bonchev–Trinajstić information content (AvgIpc) is 2.84. The van der Waals surface area contributed by atoms with Gasteiger partial charge in [0.15, 0.2) is 6.10 Å². The molecule has 0 saturated carbocycles. The van der Waals surface area contributed by atoms with Gasteiger partial charge in [-0.15, -0.1) is 0 Å². The number of amides is 1. The summed E-state index contributed by atoms with van der Waals surface area (Å²) in [5.41, 5.74) is 1.19. The van der Waals surface area contributed by atoms with Gasteiger partial charge in [-0.05, 0) is 38.8 Å². The van der Waals surface area contributed by atoms with Gasteiger partial charge in [0, 0.05) is 13.1 Å². The van der Waals surface area contributed by atoms with E-state index in [0.29, 0.717) is 0 Å². The van der Waals surface area contributed by atoms with E-state index in [-0.39, 0.29) is 5.91 Å². The number of aryl methyl sites for hydroxylation is 1. The monoisotopic (exact) mass is 233 g/mol. The van der Waals surface area contributed by atoms with Crippen LogP contribution < -0.4 is 4.74 Å². The largest absolute Gasteiger partial charge is 0.481 e. The Balaban J connectivity index is 1.93. The minimum absolute atomic E-state index is 0.100. The maximum absolute atomic E-state index is 12.0. The summed E-state index contributed by atoms with van der Waals surface area (Å²) in [6.45, 7) is 5.60. The number of likely N-dealkylation sites (tertiary alicyclic amines) is 1. The molecule has 0 bridgehead atoms. The van der Waals surface area contributed by atoms with Crippen LogP contribution in [0.4, 0.5) is 0 Å². The summed E-state index contributed by atoms with van der Waals surface area (Å²) in [5, 5.41) is 0. The van der Waals surface area contributed by atoms with E-state index in [9.17, 15) is 4.79 Å². The zero-order valence-electron chi connectivity index (χ0n) is 10.5. The third-order valence-electron chi connectivity index (χ3n) is 3.10. The van der Waals surface area contributed by atoms with Gasteiger partial charge in [-0.25, -0.2) is 0 Å². The van der Waals surface area contributed by atoms with Gasteiger partial charge in [0.2, 0.25) is 0 Å². The summed E-state index contributed by atoms with van der Waals surface area (Å²) in [5.74, 6) is 0.860. The number of hydrogen-bond donors (Lipinski definition) is 0. The molecule has 0 unspecified atom stereocenters. The summed E-state index contributed by atoms with van der Waals surface area (Å²) in [6.07, 6.45) is 1.84. The van der Waals surface area contributed by atoms with Crippen LogP contribution in [0, 0.1) is 6.92 Å². The molecule has 2 rings (SSSR count). The molecule has 92 valence electrons. The molecule has 1 aromatic rings. The highest BCUT2D eigenvalue weighted by Crippen LogP contribution is 2.16. The van der Waals surface area contributed by atoms with Crippen LogP contribution in [0.5, 0.6) is 5.75 Å². The quantitative estimate of drug-likeness (QED) is 0.802. The average molecular weight is 233 g/mol. The van der Waals surface area contributed by atoms with Crippen molar-refractivity contribution >= 4 is 5.91 Å². The predicted octanol–water partition coefficient (Wildman–Crippen LogP) is 2.38. The first-order valence-electron chi connectivity index (χ1n) is 6.19. The van der Waals surface area contributed by atoms with Gasteiger partial charge in [-0.3, -0.25) is 4.79 Å². The maximum Gasteiger partial charge on any atom is 0.263 e. The number of benzene rings is 1. The first kappa shape index (κ1) is 12.0. The first-order chi connectivity index (χ1) is 8.16. The molecular formula is C14H19NO2. The molecule has 1 heterocycles. The zero-order valence-corrected chi connectivity index (χ0v) is 10.5. The second-order valence-corrected chi connectivity index (χ2v) is 4.61. The lowest BCUT2D eigenvalue weighted by Gasteiger charge is -2.21. The van der Waals surface area contributed by atoms with E-state index in [1.54, 1.807) is 0 Å². The maximum atomic E-state index is 12.0. The molecule has 1 aliphatic rings. The summed E-state index contributed by atoms with van der Waals surface area (Å²) in [4.78, 5) is 13.9. The van der Waals surface area contributed by atoms with E-state index in [0.717, 1.165) is 31.7 Å². The van der Waals surface area contributed by atoms with E-state index in [2.05, 4.69) is 0 Å². The Labute approximate surface area is 102 Å². The van der Waals surface area contributed by atoms with Crippen molar-refractivity contribution in [1.29, 1.82) is 0 Å². The predicted molar refractivity (Wildman–Crippen MR) is 67.1 cm³/mol. The molecule has 1 aromatic carbocycles. The molecular weight excluding hydrogens is 214 g/mol. The van der Waals surface area contributed by atoms with Crippen LogP contribution in [0.2, 0.25) is 0 Å². The molecule has 0 N–H and O–H groups in total. The molecule has 1 atom stereocenters.